The predicted octanol–water partition coefficient (Wildman–Crippen LogP) is 1.65. The molecule has 17 heavy (non-hydrogen) atoms. The summed E-state index contributed by atoms with van der Waals surface area (Å²) < 4.78 is 12.6. The molecule has 1 amide bonds. The van der Waals surface area contributed by atoms with Crippen LogP contribution in [0.5, 0.6) is 0 Å². The van der Waals surface area contributed by atoms with Crippen molar-refractivity contribution < 1.29 is 14.3 Å². The van der Waals surface area contributed by atoms with Gasteiger partial charge in [-0.05, 0) is 37.0 Å². The first-order valence-corrected chi connectivity index (χ1v) is 5.84. The van der Waals surface area contributed by atoms with Gasteiger partial charge in [0.05, 0.1) is 0 Å². The number of amides is 1. The molecule has 0 saturated heterocycles. The van der Waals surface area contributed by atoms with Crippen LogP contribution in [0.15, 0.2) is 24.3 Å². The Balaban J connectivity index is 2.14. The van der Waals surface area contributed by atoms with E-state index in [0.29, 0.717) is 32.2 Å². The van der Waals surface area contributed by atoms with Gasteiger partial charge in [-0.15, -0.1) is 0 Å². The molecule has 0 radical (unpaired) electrons. The third-order valence-electron chi connectivity index (χ3n) is 2.46. The first kappa shape index (κ1) is 13.6. The van der Waals surface area contributed by atoms with Crippen molar-refractivity contribution in [1.82, 2.24) is 5.32 Å². The van der Waals surface area contributed by atoms with Crippen LogP contribution in [-0.4, -0.2) is 24.2 Å². The molecule has 0 aromatic heterocycles. The van der Waals surface area contributed by atoms with Crippen LogP contribution < -0.4 is 5.32 Å². The maximum Gasteiger partial charge on any atom is 0.220 e. The third-order valence-corrected chi connectivity index (χ3v) is 2.46. The minimum absolute atomic E-state index is 0.000520. The van der Waals surface area contributed by atoms with Gasteiger partial charge in [0.25, 0.3) is 0 Å². The highest BCUT2D eigenvalue weighted by molar-refractivity contribution is 5.75. The number of rotatable bonds is 7. The van der Waals surface area contributed by atoms with Gasteiger partial charge in [0.1, 0.15) is 5.82 Å². The Morgan fingerprint density at radius 2 is 1.94 bits per heavy atom. The quantitative estimate of drug-likeness (QED) is 0.711. The van der Waals surface area contributed by atoms with Gasteiger partial charge in [-0.25, -0.2) is 4.39 Å². The van der Waals surface area contributed by atoms with Gasteiger partial charge in [0, 0.05) is 19.6 Å². The van der Waals surface area contributed by atoms with Crippen molar-refractivity contribution in [2.45, 2.75) is 25.7 Å². The number of hydrogen-bond donors (Lipinski definition) is 2. The van der Waals surface area contributed by atoms with E-state index < -0.39 is 0 Å². The summed E-state index contributed by atoms with van der Waals surface area (Å²) >= 11 is 0. The monoisotopic (exact) mass is 239 g/mol. The second kappa shape index (κ2) is 7.79. The second-order valence-electron chi connectivity index (χ2n) is 3.91. The number of halogens is 1. The summed E-state index contributed by atoms with van der Waals surface area (Å²) in [6.45, 7) is 0.687. The molecule has 94 valence electrons. The van der Waals surface area contributed by atoms with Crippen molar-refractivity contribution in [3.8, 4) is 0 Å². The molecule has 0 spiro atoms. The largest absolute Gasteiger partial charge is 0.396 e. The normalized spacial score (nSPS) is 10.2. The van der Waals surface area contributed by atoms with Gasteiger partial charge in [-0.1, -0.05) is 12.1 Å². The molecule has 1 rings (SSSR count). The van der Waals surface area contributed by atoms with E-state index in [0.717, 1.165) is 5.56 Å². The molecule has 0 aliphatic carbocycles. The van der Waals surface area contributed by atoms with Crippen molar-refractivity contribution >= 4 is 5.91 Å². The molecule has 0 aliphatic heterocycles. The Bertz CT molecular complexity index is 338. The fourth-order valence-corrected chi connectivity index (χ4v) is 1.48. The van der Waals surface area contributed by atoms with Gasteiger partial charge in [-0.3, -0.25) is 4.79 Å². The molecule has 2 N–H and O–H groups in total. The lowest BCUT2D eigenvalue weighted by atomic mass is 10.1. The summed E-state index contributed by atoms with van der Waals surface area (Å²) in [6.07, 6.45) is 2.51. The molecule has 3 nitrogen and oxygen atoms in total. The minimum Gasteiger partial charge on any atom is -0.396 e. The fourth-order valence-electron chi connectivity index (χ4n) is 1.48. The number of carbonyl (C=O) groups excluding carboxylic acids is 1. The van der Waals surface area contributed by atoms with E-state index in [1.165, 1.54) is 12.1 Å². The highest BCUT2D eigenvalue weighted by Crippen LogP contribution is 2.02. The van der Waals surface area contributed by atoms with Crippen LogP contribution in [-0.2, 0) is 11.2 Å². The molecular weight excluding hydrogens is 221 g/mol. The number of hydrogen-bond acceptors (Lipinski definition) is 2. The number of unbranched alkanes of at least 4 members (excludes halogenated alkanes) is 1. The van der Waals surface area contributed by atoms with Crippen LogP contribution in [0.1, 0.15) is 24.8 Å². The fraction of sp³-hybridized carbons (Fsp3) is 0.462. The first-order chi connectivity index (χ1) is 8.22. The van der Waals surface area contributed by atoms with E-state index in [4.69, 9.17) is 5.11 Å². The van der Waals surface area contributed by atoms with E-state index in [9.17, 15) is 9.18 Å². The number of aliphatic hydroxyl groups excluding tert-OH is 1. The van der Waals surface area contributed by atoms with E-state index >= 15 is 0 Å². The maximum atomic E-state index is 12.6. The van der Waals surface area contributed by atoms with Crippen molar-refractivity contribution in [2.24, 2.45) is 0 Å². The number of benzene rings is 1. The number of nitrogens with one attached hydrogen (secondary N) is 1. The molecule has 4 heteroatoms. The van der Waals surface area contributed by atoms with Gasteiger partial charge in [0.15, 0.2) is 0 Å². The Hall–Kier alpha value is -1.42. The lowest BCUT2D eigenvalue weighted by molar-refractivity contribution is -0.121. The van der Waals surface area contributed by atoms with Gasteiger partial charge >= 0.3 is 0 Å². The van der Waals surface area contributed by atoms with E-state index in [1.54, 1.807) is 12.1 Å². The standard InChI is InChI=1S/C13H18FNO2/c14-12-6-4-11(5-7-12)8-9-15-13(17)3-1-2-10-16/h4-7,16H,1-3,8-10H2,(H,15,17). The Kier molecular flexibility index (Phi) is 6.25. The van der Waals surface area contributed by atoms with Gasteiger partial charge < -0.3 is 10.4 Å². The molecule has 0 bridgehead atoms. The van der Waals surface area contributed by atoms with Crippen LogP contribution >= 0.6 is 0 Å². The summed E-state index contributed by atoms with van der Waals surface area (Å²) in [6, 6.07) is 6.26. The predicted molar refractivity (Wildman–Crippen MR) is 64.1 cm³/mol. The molecule has 0 aliphatic rings. The summed E-state index contributed by atoms with van der Waals surface area (Å²) in [5.74, 6) is -0.248. The van der Waals surface area contributed by atoms with Gasteiger partial charge in [-0.2, -0.15) is 0 Å². The molecule has 0 heterocycles. The highest BCUT2D eigenvalue weighted by Gasteiger charge is 2.00. The highest BCUT2D eigenvalue weighted by atomic mass is 19.1. The zero-order valence-electron chi connectivity index (χ0n) is 9.79. The SMILES string of the molecule is O=C(CCCCO)NCCc1ccc(F)cc1. The smallest absolute Gasteiger partial charge is 0.220 e. The van der Waals surface area contributed by atoms with Crippen LogP contribution in [0.25, 0.3) is 0 Å². The number of carbonyl (C=O) groups is 1. The second-order valence-corrected chi connectivity index (χ2v) is 3.91. The Morgan fingerprint density at radius 1 is 1.24 bits per heavy atom. The van der Waals surface area contributed by atoms with Crippen LogP contribution in [0, 0.1) is 5.82 Å². The third kappa shape index (κ3) is 6.02. The van der Waals surface area contributed by atoms with Crippen LogP contribution in [0.3, 0.4) is 0 Å². The zero-order valence-corrected chi connectivity index (χ0v) is 9.79. The minimum atomic E-state index is -0.248. The maximum absolute atomic E-state index is 12.6. The Labute approximate surface area is 101 Å². The molecule has 1 aromatic rings. The van der Waals surface area contributed by atoms with E-state index in [2.05, 4.69) is 5.32 Å². The summed E-state index contributed by atoms with van der Waals surface area (Å²) in [7, 11) is 0. The first-order valence-electron chi connectivity index (χ1n) is 5.84. The van der Waals surface area contributed by atoms with Crippen molar-refractivity contribution in [2.75, 3.05) is 13.2 Å². The average molecular weight is 239 g/mol. The summed E-state index contributed by atoms with van der Waals surface area (Å²) in [5.41, 5.74) is 1.00. The molecule has 0 unspecified atom stereocenters. The van der Waals surface area contributed by atoms with Crippen LogP contribution in [0.4, 0.5) is 4.39 Å². The summed E-state index contributed by atoms with van der Waals surface area (Å²) in [5, 5.41) is 11.4. The van der Waals surface area contributed by atoms with E-state index in [-0.39, 0.29) is 18.3 Å². The number of aliphatic hydroxyl groups is 1. The Morgan fingerprint density at radius 3 is 2.59 bits per heavy atom. The van der Waals surface area contributed by atoms with Crippen molar-refractivity contribution in [3.63, 3.8) is 0 Å². The van der Waals surface area contributed by atoms with E-state index in [1.807, 2.05) is 0 Å². The lowest BCUT2D eigenvalue weighted by Gasteiger charge is -2.05. The molecule has 0 atom stereocenters. The van der Waals surface area contributed by atoms with Crippen molar-refractivity contribution in [3.05, 3.63) is 35.6 Å². The summed E-state index contributed by atoms with van der Waals surface area (Å²) in [4.78, 5) is 11.3. The molecule has 1 aromatic carbocycles. The van der Waals surface area contributed by atoms with Crippen LogP contribution in [0.2, 0.25) is 0 Å². The molecule has 0 fully saturated rings. The molecular formula is C13H18FNO2. The van der Waals surface area contributed by atoms with Crippen molar-refractivity contribution in [1.29, 1.82) is 0 Å². The molecule has 0 saturated carbocycles. The van der Waals surface area contributed by atoms with Gasteiger partial charge in [0.2, 0.25) is 5.91 Å². The average Bonchev–Trinajstić information content (AvgIpc) is 2.32. The zero-order chi connectivity index (χ0) is 12.5. The lowest BCUT2D eigenvalue weighted by Crippen LogP contribution is -2.25. The topological polar surface area (TPSA) is 49.3 Å².